The summed E-state index contributed by atoms with van der Waals surface area (Å²) >= 11 is 0. The van der Waals surface area contributed by atoms with E-state index in [2.05, 4.69) is 15.6 Å². The molecule has 0 atom stereocenters. The zero-order chi connectivity index (χ0) is 18.0. The molecule has 26 heavy (non-hydrogen) atoms. The van der Waals surface area contributed by atoms with Gasteiger partial charge in [0.1, 0.15) is 6.54 Å². The monoisotopic (exact) mass is 345 g/mol. The first-order valence-electron chi connectivity index (χ1n) is 8.25. The molecule has 0 amide bonds. The minimum Gasteiger partial charge on any atom is -0.391 e. The van der Waals surface area contributed by atoms with Gasteiger partial charge in [-0.1, -0.05) is 54.6 Å². The quantitative estimate of drug-likeness (QED) is 0.408. The van der Waals surface area contributed by atoms with Gasteiger partial charge in [0.2, 0.25) is 0 Å². The number of para-hydroxylation sites is 3. The molecule has 0 heterocycles. The zero-order valence-corrected chi connectivity index (χ0v) is 14.1. The first-order valence-corrected chi connectivity index (χ1v) is 8.25. The summed E-state index contributed by atoms with van der Waals surface area (Å²) in [5.41, 5.74) is 2.32. The van der Waals surface area contributed by atoms with E-state index in [0.29, 0.717) is 5.69 Å². The highest BCUT2D eigenvalue weighted by Crippen LogP contribution is 2.13. The normalized spacial score (nSPS) is 10.8. The lowest BCUT2D eigenvalue weighted by molar-refractivity contribution is -0.133. The Morgan fingerprint density at radius 3 is 1.92 bits per heavy atom. The average Bonchev–Trinajstić information content (AvgIpc) is 2.69. The summed E-state index contributed by atoms with van der Waals surface area (Å²) in [5.74, 6) is -0.438. The van der Waals surface area contributed by atoms with Gasteiger partial charge in [-0.3, -0.25) is 0 Å². The Labute approximate surface area is 152 Å². The standard InChI is InChI=1S/C21H19N3O2/c25-20(16-22-17-10-4-1-5-11-17)26-21(23-18-12-6-2-7-13-18)24-19-14-8-3-9-15-19/h1-15,22H,16H2,(H,23,24). The fraction of sp³-hybridized carbons (Fsp3) is 0.0476. The molecule has 130 valence electrons. The Morgan fingerprint density at radius 2 is 1.31 bits per heavy atom. The van der Waals surface area contributed by atoms with E-state index in [4.69, 9.17) is 4.74 Å². The predicted molar refractivity (Wildman–Crippen MR) is 105 cm³/mol. The van der Waals surface area contributed by atoms with E-state index < -0.39 is 5.97 Å². The number of amidine groups is 1. The Kier molecular flexibility index (Phi) is 5.99. The molecule has 0 aliphatic heterocycles. The number of hydrogen-bond acceptors (Lipinski definition) is 4. The van der Waals surface area contributed by atoms with Crippen molar-refractivity contribution in [2.45, 2.75) is 0 Å². The zero-order valence-electron chi connectivity index (χ0n) is 14.1. The van der Waals surface area contributed by atoms with Crippen molar-refractivity contribution in [3.05, 3.63) is 91.0 Å². The molecule has 0 aliphatic carbocycles. The van der Waals surface area contributed by atoms with Gasteiger partial charge in [-0.05, 0) is 36.4 Å². The van der Waals surface area contributed by atoms with Crippen LogP contribution in [0.3, 0.4) is 0 Å². The van der Waals surface area contributed by atoms with E-state index in [1.807, 2.05) is 91.0 Å². The van der Waals surface area contributed by atoms with Gasteiger partial charge in [0.05, 0.1) is 5.69 Å². The Balaban J connectivity index is 1.68. The molecule has 5 heteroatoms. The summed E-state index contributed by atoms with van der Waals surface area (Å²) in [6.45, 7) is 0.0360. The van der Waals surface area contributed by atoms with E-state index in [1.54, 1.807) is 0 Å². The molecule has 0 radical (unpaired) electrons. The summed E-state index contributed by atoms with van der Waals surface area (Å²) < 4.78 is 5.42. The van der Waals surface area contributed by atoms with E-state index >= 15 is 0 Å². The van der Waals surface area contributed by atoms with Crippen LogP contribution in [0, 0.1) is 0 Å². The molecule has 0 bridgehead atoms. The lowest BCUT2D eigenvalue weighted by Crippen LogP contribution is -2.25. The molecule has 0 saturated carbocycles. The molecule has 0 spiro atoms. The fourth-order valence-electron chi connectivity index (χ4n) is 2.22. The summed E-state index contributed by atoms with van der Waals surface area (Å²) in [4.78, 5) is 16.6. The van der Waals surface area contributed by atoms with Crippen molar-refractivity contribution in [1.29, 1.82) is 0 Å². The number of esters is 1. The molecule has 0 aromatic heterocycles. The van der Waals surface area contributed by atoms with Crippen LogP contribution < -0.4 is 10.6 Å². The van der Waals surface area contributed by atoms with Crippen molar-refractivity contribution < 1.29 is 9.53 Å². The maximum Gasteiger partial charge on any atom is 0.333 e. The topological polar surface area (TPSA) is 62.7 Å². The molecule has 0 fully saturated rings. The van der Waals surface area contributed by atoms with Crippen LogP contribution in [-0.2, 0) is 9.53 Å². The van der Waals surface area contributed by atoms with Gasteiger partial charge >= 0.3 is 12.0 Å². The van der Waals surface area contributed by atoms with Crippen molar-refractivity contribution in [1.82, 2.24) is 0 Å². The molecule has 0 aliphatic rings. The number of ether oxygens (including phenoxy) is 1. The maximum atomic E-state index is 12.2. The lowest BCUT2D eigenvalue weighted by Gasteiger charge is -2.11. The minimum atomic E-state index is -0.438. The minimum absolute atomic E-state index is 0.0360. The molecule has 3 aromatic rings. The van der Waals surface area contributed by atoms with Gasteiger partial charge in [0.15, 0.2) is 0 Å². The number of carbonyl (C=O) groups excluding carboxylic acids is 1. The third kappa shape index (κ3) is 5.49. The van der Waals surface area contributed by atoms with Crippen LogP contribution in [0.5, 0.6) is 0 Å². The number of rotatable bonds is 5. The molecule has 0 unspecified atom stereocenters. The SMILES string of the molecule is O=C(CNc1ccccc1)OC(=Nc1ccccc1)Nc1ccccc1. The first-order chi connectivity index (χ1) is 12.8. The maximum absolute atomic E-state index is 12.2. The molecule has 3 rings (SSSR count). The van der Waals surface area contributed by atoms with Crippen molar-refractivity contribution in [2.75, 3.05) is 17.2 Å². The van der Waals surface area contributed by atoms with Gasteiger partial charge < -0.3 is 15.4 Å². The predicted octanol–water partition coefficient (Wildman–Crippen LogP) is 4.44. The summed E-state index contributed by atoms with van der Waals surface area (Å²) in [5, 5.41) is 6.06. The van der Waals surface area contributed by atoms with Crippen LogP contribution >= 0.6 is 0 Å². The Hall–Kier alpha value is -3.60. The molecule has 5 nitrogen and oxygen atoms in total. The molecule has 0 saturated heterocycles. The van der Waals surface area contributed by atoms with E-state index in [1.165, 1.54) is 0 Å². The van der Waals surface area contributed by atoms with Crippen LogP contribution in [0.25, 0.3) is 0 Å². The number of benzene rings is 3. The smallest absolute Gasteiger partial charge is 0.333 e. The van der Waals surface area contributed by atoms with E-state index in [0.717, 1.165) is 11.4 Å². The molecular weight excluding hydrogens is 326 g/mol. The van der Waals surface area contributed by atoms with Gasteiger partial charge in [0.25, 0.3) is 0 Å². The lowest BCUT2D eigenvalue weighted by atomic mass is 10.3. The van der Waals surface area contributed by atoms with Gasteiger partial charge in [-0.15, -0.1) is 0 Å². The van der Waals surface area contributed by atoms with E-state index in [-0.39, 0.29) is 12.6 Å². The van der Waals surface area contributed by atoms with Gasteiger partial charge in [-0.2, -0.15) is 4.99 Å². The Bertz CT molecular complexity index is 850. The molecule has 2 N–H and O–H groups in total. The van der Waals surface area contributed by atoms with Crippen molar-refractivity contribution in [3.8, 4) is 0 Å². The highest BCUT2D eigenvalue weighted by molar-refractivity contribution is 5.98. The third-order valence-electron chi connectivity index (χ3n) is 3.43. The third-order valence-corrected chi connectivity index (χ3v) is 3.43. The van der Waals surface area contributed by atoms with Crippen LogP contribution in [0.4, 0.5) is 17.1 Å². The van der Waals surface area contributed by atoms with Crippen LogP contribution in [0.1, 0.15) is 0 Å². The van der Waals surface area contributed by atoms with Crippen LogP contribution in [-0.4, -0.2) is 18.5 Å². The second kappa shape index (κ2) is 9.03. The number of aliphatic imine (C=N–C) groups is 1. The highest BCUT2D eigenvalue weighted by Gasteiger charge is 2.10. The number of anilines is 2. The number of carbonyl (C=O) groups is 1. The summed E-state index contributed by atoms with van der Waals surface area (Å²) in [6, 6.07) is 28.4. The van der Waals surface area contributed by atoms with E-state index in [9.17, 15) is 4.79 Å². The fourth-order valence-corrected chi connectivity index (χ4v) is 2.22. The van der Waals surface area contributed by atoms with Gasteiger partial charge in [0, 0.05) is 11.4 Å². The number of hydrogen-bond donors (Lipinski definition) is 2. The highest BCUT2D eigenvalue weighted by atomic mass is 16.6. The molecule has 3 aromatic carbocycles. The van der Waals surface area contributed by atoms with Crippen molar-refractivity contribution in [3.63, 3.8) is 0 Å². The van der Waals surface area contributed by atoms with Crippen LogP contribution in [0.2, 0.25) is 0 Å². The van der Waals surface area contributed by atoms with Crippen LogP contribution in [0.15, 0.2) is 96.0 Å². The van der Waals surface area contributed by atoms with Crippen molar-refractivity contribution >= 4 is 29.1 Å². The largest absolute Gasteiger partial charge is 0.391 e. The summed E-state index contributed by atoms with van der Waals surface area (Å²) in [6.07, 6.45) is 0. The second-order valence-corrected chi connectivity index (χ2v) is 5.44. The second-order valence-electron chi connectivity index (χ2n) is 5.44. The van der Waals surface area contributed by atoms with Crippen molar-refractivity contribution in [2.24, 2.45) is 4.99 Å². The number of nitrogens with one attached hydrogen (secondary N) is 2. The first kappa shape index (κ1) is 17.2. The molecular formula is C21H19N3O2. The average molecular weight is 345 g/mol. The van der Waals surface area contributed by atoms with Gasteiger partial charge in [-0.25, -0.2) is 4.79 Å². The Morgan fingerprint density at radius 1 is 0.769 bits per heavy atom. The number of nitrogens with zero attached hydrogens (tertiary/aromatic N) is 1. The summed E-state index contributed by atoms with van der Waals surface area (Å²) in [7, 11) is 0.